The number of rotatable bonds is 5. The van der Waals surface area contributed by atoms with Crippen molar-refractivity contribution in [3.63, 3.8) is 0 Å². The highest BCUT2D eigenvalue weighted by molar-refractivity contribution is 5.99. The molecule has 0 saturated heterocycles. The molecule has 0 aliphatic carbocycles. The summed E-state index contributed by atoms with van der Waals surface area (Å²) in [5, 5.41) is 4.89. The van der Waals surface area contributed by atoms with Crippen LogP contribution in [0.3, 0.4) is 0 Å². The molecular weight excluding hydrogens is 378 g/mol. The van der Waals surface area contributed by atoms with Crippen LogP contribution >= 0.6 is 0 Å². The Kier molecular flexibility index (Phi) is 5.20. The van der Waals surface area contributed by atoms with Gasteiger partial charge in [-0.05, 0) is 56.9 Å². The summed E-state index contributed by atoms with van der Waals surface area (Å²) < 4.78 is 11.3. The smallest absolute Gasteiger partial charge is 0.339 e. The molecular formula is C25H25NO4. The third kappa shape index (κ3) is 3.52. The lowest BCUT2D eigenvalue weighted by Crippen LogP contribution is -2.27. The molecule has 2 heterocycles. The predicted molar refractivity (Wildman–Crippen MR) is 118 cm³/mol. The number of hydrogen-bond acceptors (Lipinski definition) is 4. The minimum atomic E-state index is -0.394. The normalized spacial score (nSPS) is 12.4. The molecule has 4 aromatic rings. The molecule has 0 saturated carbocycles. The van der Waals surface area contributed by atoms with E-state index in [1.165, 1.54) is 0 Å². The van der Waals surface area contributed by atoms with Crippen molar-refractivity contribution in [3.8, 4) is 0 Å². The summed E-state index contributed by atoms with van der Waals surface area (Å²) in [6.45, 7) is 7.75. The van der Waals surface area contributed by atoms with E-state index >= 15 is 0 Å². The molecule has 30 heavy (non-hydrogen) atoms. The summed E-state index contributed by atoms with van der Waals surface area (Å²) >= 11 is 0. The van der Waals surface area contributed by atoms with E-state index in [2.05, 4.69) is 5.32 Å². The molecule has 0 aliphatic heterocycles. The van der Waals surface area contributed by atoms with Gasteiger partial charge < -0.3 is 14.2 Å². The SMILES string of the molecule is Cc1coc2c(C)c3oc(=O)c(CCC(=O)N[C@@H](C)c4ccccc4)c(C)c3cc12. The van der Waals surface area contributed by atoms with Crippen LogP contribution < -0.4 is 10.9 Å². The van der Waals surface area contributed by atoms with Crippen molar-refractivity contribution in [2.75, 3.05) is 0 Å². The van der Waals surface area contributed by atoms with Crippen LogP contribution in [0.1, 0.15) is 47.2 Å². The quantitative estimate of drug-likeness (QED) is 0.461. The standard InChI is InChI=1S/C25H25NO4/c1-14-13-29-23-16(3)24-21(12-20(14)23)15(2)19(25(28)30-24)10-11-22(27)26-17(4)18-8-6-5-7-9-18/h5-9,12-13,17H,10-11H2,1-4H3,(H,26,27)/t17-/m0/s1. The van der Waals surface area contributed by atoms with E-state index in [0.717, 1.165) is 38.6 Å². The van der Waals surface area contributed by atoms with E-state index < -0.39 is 5.63 Å². The second-order valence-corrected chi connectivity index (χ2v) is 7.87. The first-order valence-corrected chi connectivity index (χ1v) is 10.1. The molecule has 0 radical (unpaired) electrons. The van der Waals surface area contributed by atoms with Crippen LogP contribution in [0, 0.1) is 20.8 Å². The molecule has 5 heteroatoms. The first kappa shape index (κ1) is 20.0. The van der Waals surface area contributed by atoms with Crippen LogP contribution in [-0.2, 0) is 11.2 Å². The van der Waals surface area contributed by atoms with Gasteiger partial charge in [-0.2, -0.15) is 0 Å². The van der Waals surface area contributed by atoms with Crippen LogP contribution in [-0.4, -0.2) is 5.91 Å². The van der Waals surface area contributed by atoms with Gasteiger partial charge in [-0.3, -0.25) is 4.79 Å². The first-order chi connectivity index (χ1) is 14.4. The lowest BCUT2D eigenvalue weighted by atomic mass is 9.98. The molecule has 5 nitrogen and oxygen atoms in total. The third-order valence-electron chi connectivity index (χ3n) is 5.81. The highest BCUT2D eigenvalue weighted by Gasteiger charge is 2.18. The second kappa shape index (κ2) is 7.82. The van der Waals surface area contributed by atoms with Gasteiger partial charge in [-0.1, -0.05) is 30.3 Å². The van der Waals surface area contributed by atoms with E-state index in [9.17, 15) is 9.59 Å². The summed E-state index contributed by atoms with van der Waals surface area (Å²) in [7, 11) is 0. The summed E-state index contributed by atoms with van der Waals surface area (Å²) in [4.78, 5) is 25.1. The number of aryl methyl sites for hydroxylation is 3. The van der Waals surface area contributed by atoms with Crippen molar-refractivity contribution in [1.82, 2.24) is 5.32 Å². The number of benzene rings is 2. The van der Waals surface area contributed by atoms with E-state index in [-0.39, 0.29) is 18.4 Å². The van der Waals surface area contributed by atoms with Gasteiger partial charge in [0.2, 0.25) is 5.91 Å². The fraction of sp³-hybridized carbons (Fsp3) is 0.280. The second-order valence-electron chi connectivity index (χ2n) is 7.87. The van der Waals surface area contributed by atoms with Gasteiger partial charge in [0, 0.05) is 28.3 Å². The molecule has 1 atom stereocenters. The third-order valence-corrected chi connectivity index (χ3v) is 5.81. The molecule has 0 spiro atoms. The van der Waals surface area contributed by atoms with Crippen LogP contribution in [0.5, 0.6) is 0 Å². The summed E-state index contributed by atoms with van der Waals surface area (Å²) in [6, 6.07) is 11.7. The van der Waals surface area contributed by atoms with E-state index in [4.69, 9.17) is 8.83 Å². The van der Waals surface area contributed by atoms with E-state index in [0.29, 0.717) is 17.6 Å². The summed E-state index contributed by atoms with van der Waals surface area (Å²) in [5.74, 6) is -0.0949. The van der Waals surface area contributed by atoms with Gasteiger partial charge >= 0.3 is 5.63 Å². The fourth-order valence-corrected chi connectivity index (χ4v) is 3.98. The predicted octanol–water partition coefficient (Wildman–Crippen LogP) is 5.27. The zero-order valence-corrected chi connectivity index (χ0v) is 17.7. The number of amides is 1. The van der Waals surface area contributed by atoms with Gasteiger partial charge in [-0.15, -0.1) is 0 Å². The molecule has 154 valence electrons. The van der Waals surface area contributed by atoms with Crippen LogP contribution in [0.15, 0.2) is 56.3 Å². The molecule has 0 aliphatic rings. The first-order valence-electron chi connectivity index (χ1n) is 10.1. The topological polar surface area (TPSA) is 72.5 Å². The molecule has 2 aromatic carbocycles. The number of hydrogen-bond donors (Lipinski definition) is 1. The van der Waals surface area contributed by atoms with Crippen LogP contribution in [0.25, 0.3) is 21.9 Å². The molecule has 2 aromatic heterocycles. The highest BCUT2D eigenvalue weighted by Crippen LogP contribution is 2.32. The lowest BCUT2D eigenvalue weighted by molar-refractivity contribution is -0.121. The van der Waals surface area contributed by atoms with Gasteiger partial charge in [0.25, 0.3) is 0 Å². The zero-order valence-electron chi connectivity index (χ0n) is 17.7. The molecule has 1 amide bonds. The average Bonchev–Trinajstić information content (AvgIpc) is 3.10. The Morgan fingerprint density at radius 2 is 1.77 bits per heavy atom. The largest absolute Gasteiger partial charge is 0.464 e. The van der Waals surface area contributed by atoms with Crippen LogP contribution in [0.2, 0.25) is 0 Å². The van der Waals surface area contributed by atoms with Gasteiger partial charge in [0.1, 0.15) is 11.2 Å². The van der Waals surface area contributed by atoms with Crippen molar-refractivity contribution in [3.05, 3.63) is 80.9 Å². The Bertz CT molecular complexity index is 1300. The molecule has 0 bridgehead atoms. The van der Waals surface area contributed by atoms with E-state index in [1.54, 1.807) is 6.26 Å². The lowest BCUT2D eigenvalue weighted by Gasteiger charge is -2.14. The maximum atomic E-state index is 12.7. The number of nitrogens with one attached hydrogen (secondary N) is 1. The highest BCUT2D eigenvalue weighted by atomic mass is 16.4. The van der Waals surface area contributed by atoms with Gasteiger partial charge in [-0.25, -0.2) is 4.79 Å². The Hall–Kier alpha value is -3.34. The minimum absolute atomic E-state index is 0.0900. The van der Waals surface area contributed by atoms with Crippen LogP contribution in [0.4, 0.5) is 0 Å². The van der Waals surface area contributed by atoms with Crippen molar-refractivity contribution in [2.45, 2.75) is 46.6 Å². The summed E-state index contributed by atoms with van der Waals surface area (Å²) in [6.07, 6.45) is 2.27. The van der Waals surface area contributed by atoms with Crippen molar-refractivity contribution in [2.24, 2.45) is 0 Å². The summed E-state index contributed by atoms with van der Waals surface area (Å²) in [5.41, 5.74) is 5.19. The number of furan rings is 1. The molecule has 1 N–H and O–H groups in total. The molecule has 0 fully saturated rings. The van der Waals surface area contributed by atoms with E-state index in [1.807, 2.05) is 64.1 Å². The van der Waals surface area contributed by atoms with Crippen molar-refractivity contribution >= 4 is 27.8 Å². The minimum Gasteiger partial charge on any atom is -0.464 e. The maximum Gasteiger partial charge on any atom is 0.339 e. The maximum absolute atomic E-state index is 12.7. The Morgan fingerprint density at radius 1 is 1.03 bits per heavy atom. The Labute approximate surface area is 174 Å². The number of carbonyl (C=O) groups excluding carboxylic acids is 1. The van der Waals surface area contributed by atoms with Crippen molar-refractivity contribution in [1.29, 1.82) is 0 Å². The average molecular weight is 403 g/mol. The monoisotopic (exact) mass is 403 g/mol. The molecule has 4 rings (SSSR count). The van der Waals surface area contributed by atoms with Crippen molar-refractivity contribution < 1.29 is 13.6 Å². The zero-order chi connectivity index (χ0) is 21.4. The molecule has 0 unspecified atom stereocenters. The van der Waals surface area contributed by atoms with Gasteiger partial charge in [0.05, 0.1) is 12.3 Å². The number of carbonyl (C=O) groups is 1. The number of fused-ring (bicyclic) bond motifs is 2. The van der Waals surface area contributed by atoms with Gasteiger partial charge in [0.15, 0.2) is 0 Å². The Balaban J connectivity index is 1.60. The Morgan fingerprint density at radius 3 is 2.50 bits per heavy atom. The fourth-order valence-electron chi connectivity index (χ4n) is 3.98.